The van der Waals surface area contributed by atoms with Gasteiger partial charge in [-0.1, -0.05) is 6.92 Å². The molecule has 0 aliphatic heterocycles. The summed E-state index contributed by atoms with van der Waals surface area (Å²) in [5, 5.41) is 8.73. The number of aliphatic carboxylic acids is 1. The van der Waals surface area contributed by atoms with Crippen LogP contribution in [0.3, 0.4) is 0 Å². The molecule has 1 rings (SSSR count). The predicted molar refractivity (Wildman–Crippen MR) is 41.5 cm³/mol. The predicted octanol–water partition coefficient (Wildman–Crippen LogP) is 1.59. The minimum atomic E-state index is -0.757. The maximum atomic E-state index is 10.6. The Bertz CT molecular complexity index is 228. The third-order valence-corrected chi connectivity index (χ3v) is 1.73. The highest BCUT2D eigenvalue weighted by molar-refractivity contribution is 5.75. The van der Waals surface area contributed by atoms with Crippen molar-refractivity contribution < 1.29 is 9.90 Å². The Morgan fingerprint density at radius 2 is 2.55 bits per heavy atom. The van der Waals surface area contributed by atoms with Crippen molar-refractivity contribution in [1.82, 2.24) is 4.98 Å². The molecule has 0 aliphatic carbocycles. The summed E-state index contributed by atoms with van der Waals surface area (Å²) in [7, 11) is 0. The van der Waals surface area contributed by atoms with E-state index in [0.717, 1.165) is 5.56 Å². The van der Waals surface area contributed by atoms with Crippen LogP contribution in [-0.2, 0) is 4.79 Å². The second kappa shape index (κ2) is 3.23. The van der Waals surface area contributed by atoms with Crippen LogP contribution in [0.15, 0.2) is 18.5 Å². The van der Waals surface area contributed by atoms with Crippen molar-refractivity contribution in [1.29, 1.82) is 0 Å². The zero-order valence-electron chi connectivity index (χ0n) is 6.37. The smallest absolute Gasteiger partial charge is 0.311 e. The lowest BCUT2D eigenvalue weighted by Gasteiger charge is -2.05. The van der Waals surface area contributed by atoms with Crippen LogP contribution in [0.4, 0.5) is 0 Å². The maximum absolute atomic E-state index is 10.6. The van der Waals surface area contributed by atoms with Gasteiger partial charge in [-0.05, 0) is 18.1 Å². The van der Waals surface area contributed by atoms with Crippen LogP contribution in [0.1, 0.15) is 24.8 Å². The maximum Gasteiger partial charge on any atom is 0.311 e. The van der Waals surface area contributed by atoms with Crippen LogP contribution in [0.2, 0.25) is 0 Å². The number of carboxylic acids is 1. The Balaban J connectivity index is 2.79. The van der Waals surface area contributed by atoms with Gasteiger partial charge in [0.05, 0.1) is 5.92 Å². The molecule has 0 aromatic carbocycles. The van der Waals surface area contributed by atoms with Crippen molar-refractivity contribution >= 4 is 5.97 Å². The molecule has 2 N–H and O–H groups in total. The Hall–Kier alpha value is -1.25. The molecule has 1 aromatic heterocycles. The topological polar surface area (TPSA) is 53.1 Å². The van der Waals surface area contributed by atoms with Crippen molar-refractivity contribution in [2.75, 3.05) is 0 Å². The van der Waals surface area contributed by atoms with Crippen LogP contribution < -0.4 is 0 Å². The second-order valence-corrected chi connectivity index (χ2v) is 2.44. The summed E-state index contributed by atoms with van der Waals surface area (Å²) in [6.07, 6.45) is 4.09. The molecule has 0 saturated carbocycles. The van der Waals surface area contributed by atoms with Gasteiger partial charge in [-0.3, -0.25) is 4.79 Å². The average molecular weight is 153 g/mol. The quantitative estimate of drug-likeness (QED) is 0.692. The molecule has 1 aromatic rings. The number of aromatic amines is 1. The number of carbonyl (C=O) groups is 1. The van der Waals surface area contributed by atoms with Crippen LogP contribution in [0, 0.1) is 0 Å². The first-order valence-electron chi connectivity index (χ1n) is 3.61. The first-order chi connectivity index (χ1) is 5.25. The van der Waals surface area contributed by atoms with E-state index in [0.29, 0.717) is 6.42 Å². The van der Waals surface area contributed by atoms with E-state index in [-0.39, 0.29) is 5.92 Å². The number of carboxylic acid groups (broad SMARTS) is 1. The molecule has 0 bridgehead atoms. The van der Waals surface area contributed by atoms with Crippen molar-refractivity contribution in [3.63, 3.8) is 0 Å². The summed E-state index contributed by atoms with van der Waals surface area (Å²) < 4.78 is 0. The van der Waals surface area contributed by atoms with Crippen LogP contribution in [0.5, 0.6) is 0 Å². The van der Waals surface area contributed by atoms with Crippen molar-refractivity contribution in [3.05, 3.63) is 24.0 Å². The zero-order chi connectivity index (χ0) is 8.27. The monoisotopic (exact) mass is 153 g/mol. The van der Waals surface area contributed by atoms with Gasteiger partial charge in [-0.25, -0.2) is 0 Å². The van der Waals surface area contributed by atoms with Gasteiger partial charge < -0.3 is 10.1 Å². The highest BCUT2D eigenvalue weighted by Gasteiger charge is 2.16. The lowest BCUT2D eigenvalue weighted by molar-refractivity contribution is -0.138. The van der Waals surface area contributed by atoms with Gasteiger partial charge in [0.1, 0.15) is 0 Å². The summed E-state index contributed by atoms with van der Waals surface area (Å²) in [6, 6.07) is 1.79. The minimum Gasteiger partial charge on any atom is -0.481 e. The molecule has 1 atom stereocenters. The number of hydrogen-bond acceptors (Lipinski definition) is 1. The molecule has 1 heterocycles. The fraction of sp³-hybridized carbons (Fsp3) is 0.375. The van der Waals surface area contributed by atoms with Gasteiger partial charge in [0.25, 0.3) is 0 Å². The molecule has 0 fully saturated rings. The Kier molecular flexibility index (Phi) is 2.31. The Morgan fingerprint density at radius 3 is 2.91 bits per heavy atom. The van der Waals surface area contributed by atoms with E-state index in [1.807, 2.05) is 6.92 Å². The molecule has 11 heavy (non-hydrogen) atoms. The fourth-order valence-corrected chi connectivity index (χ4v) is 1.11. The number of hydrogen-bond donors (Lipinski definition) is 2. The van der Waals surface area contributed by atoms with Crippen molar-refractivity contribution in [2.24, 2.45) is 0 Å². The van der Waals surface area contributed by atoms with Gasteiger partial charge in [0.15, 0.2) is 0 Å². The van der Waals surface area contributed by atoms with E-state index in [1.54, 1.807) is 18.5 Å². The van der Waals surface area contributed by atoms with E-state index in [1.165, 1.54) is 0 Å². The van der Waals surface area contributed by atoms with Gasteiger partial charge in [-0.15, -0.1) is 0 Å². The van der Waals surface area contributed by atoms with Crippen molar-refractivity contribution in [3.8, 4) is 0 Å². The molecule has 3 heteroatoms. The molecule has 0 aliphatic rings. The minimum absolute atomic E-state index is 0.360. The number of rotatable bonds is 3. The van der Waals surface area contributed by atoms with Gasteiger partial charge in [0, 0.05) is 12.4 Å². The van der Waals surface area contributed by atoms with Crippen LogP contribution >= 0.6 is 0 Å². The van der Waals surface area contributed by atoms with E-state index in [2.05, 4.69) is 4.98 Å². The molecule has 0 amide bonds. The van der Waals surface area contributed by atoms with E-state index >= 15 is 0 Å². The summed E-state index contributed by atoms with van der Waals surface area (Å²) in [6.45, 7) is 1.87. The molecule has 0 radical (unpaired) electrons. The summed E-state index contributed by atoms with van der Waals surface area (Å²) >= 11 is 0. The average Bonchev–Trinajstić information content (AvgIpc) is 2.40. The second-order valence-electron chi connectivity index (χ2n) is 2.44. The lowest BCUT2D eigenvalue weighted by atomic mass is 10.0. The Morgan fingerprint density at radius 1 is 1.82 bits per heavy atom. The highest BCUT2D eigenvalue weighted by Crippen LogP contribution is 2.18. The standard InChI is InChI=1S/C8H11NO2/c1-2-7(8(10)11)6-3-4-9-5-6/h3-5,7,9H,2H2,1H3,(H,10,11). The zero-order valence-corrected chi connectivity index (χ0v) is 6.37. The summed E-state index contributed by atoms with van der Waals surface area (Å²) in [5.41, 5.74) is 0.847. The molecular formula is C8H11NO2. The van der Waals surface area contributed by atoms with E-state index in [9.17, 15) is 4.79 Å². The van der Waals surface area contributed by atoms with Crippen LogP contribution in [0.25, 0.3) is 0 Å². The SMILES string of the molecule is CCC(C(=O)O)c1cc[nH]c1. The molecule has 1 unspecified atom stereocenters. The molecule has 0 spiro atoms. The lowest BCUT2D eigenvalue weighted by Crippen LogP contribution is -2.09. The van der Waals surface area contributed by atoms with Crippen LogP contribution in [-0.4, -0.2) is 16.1 Å². The molecule has 60 valence electrons. The fourth-order valence-electron chi connectivity index (χ4n) is 1.11. The van der Waals surface area contributed by atoms with Gasteiger partial charge >= 0.3 is 5.97 Å². The highest BCUT2D eigenvalue weighted by atomic mass is 16.4. The molecule has 0 saturated heterocycles. The first-order valence-corrected chi connectivity index (χ1v) is 3.61. The van der Waals surface area contributed by atoms with E-state index in [4.69, 9.17) is 5.11 Å². The first kappa shape index (κ1) is 7.85. The molecular weight excluding hydrogens is 142 g/mol. The van der Waals surface area contributed by atoms with Gasteiger partial charge in [-0.2, -0.15) is 0 Å². The normalized spacial score (nSPS) is 12.8. The number of H-pyrrole nitrogens is 1. The third-order valence-electron chi connectivity index (χ3n) is 1.73. The number of aromatic nitrogens is 1. The third kappa shape index (κ3) is 1.61. The number of nitrogens with one attached hydrogen (secondary N) is 1. The van der Waals surface area contributed by atoms with Gasteiger partial charge in [0.2, 0.25) is 0 Å². The Labute approximate surface area is 65.1 Å². The van der Waals surface area contributed by atoms with Crippen molar-refractivity contribution in [2.45, 2.75) is 19.3 Å². The molecule has 3 nitrogen and oxygen atoms in total. The van der Waals surface area contributed by atoms with E-state index < -0.39 is 5.97 Å². The summed E-state index contributed by atoms with van der Waals surface area (Å²) in [4.78, 5) is 13.5. The summed E-state index contributed by atoms with van der Waals surface area (Å²) in [5.74, 6) is -1.12. The largest absolute Gasteiger partial charge is 0.481 e.